The Morgan fingerprint density at radius 2 is 2.00 bits per heavy atom. The van der Waals surface area contributed by atoms with E-state index in [1.165, 1.54) is 12.3 Å². The van der Waals surface area contributed by atoms with E-state index in [1.54, 1.807) is 0 Å². The molecule has 0 spiro atoms. The lowest BCUT2D eigenvalue weighted by atomic mass is 10.1. The monoisotopic (exact) mass is 207 g/mol. The van der Waals surface area contributed by atoms with Crippen LogP contribution in [0.1, 0.15) is 21.0 Å². The molecule has 0 aliphatic carbocycles. The van der Waals surface area contributed by atoms with Crippen LogP contribution in [-0.4, -0.2) is 37.3 Å². The van der Waals surface area contributed by atoms with Gasteiger partial charge in [0.15, 0.2) is 0 Å². The molecule has 0 radical (unpaired) electrons. The van der Waals surface area contributed by atoms with Crippen LogP contribution in [0.5, 0.6) is 0 Å². The number of aromatic amines is 1. The predicted molar refractivity (Wildman–Crippen MR) is 46.9 cm³/mol. The number of H-pyrrole nitrogens is 1. The van der Waals surface area contributed by atoms with E-state index in [4.69, 9.17) is 10.2 Å². The second-order valence-electron chi connectivity index (χ2n) is 2.81. The van der Waals surface area contributed by atoms with E-state index in [0.29, 0.717) is 0 Å². The zero-order valence-corrected chi connectivity index (χ0v) is 7.26. The maximum Gasteiger partial charge on any atom is 0.353 e. The molecule has 0 amide bonds. The van der Waals surface area contributed by atoms with Gasteiger partial charge in [-0.2, -0.15) is 10.2 Å². The summed E-state index contributed by atoms with van der Waals surface area (Å²) in [5.41, 5.74) is 0.0614. The summed E-state index contributed by atoms with van der Waals surface area (Å²) >= 11 is 0. The Kier molecular flexibility index (Phi) is 1.86. The minimum Gasteiger partial charge on any atom is -0.477 e. The van der Waals surface area contributed by atoms with Gasteiger partial charge in [0.25, 0.3) is 0 Å². The normalized spacial score (nSPS) is 10.4. The zero-order valence-electron chi connectivity index (χ0n) is 7.26. The van der Waals surface area contributed by atoms with Crippen LogP contribution in [0.4, 0.5) is 0 Å². The molecule has 2 aliphatic heterocycles. The minimum absolute atomic E-state index is 0.227. The molecule has 0 aromatic carbocycles. The van der Waals surface area contributed by atoms with E-state index in [-0.39, 0.29) is 22.6 Å². The highest BCUT2D eigenvalue weighted by Crippen LogP contribution is 2.22. The van der Waals surface area contributed by atoms with Gasteiger partial charge in [-0.05, 0) is 6.07 Å². The van der Waals surface area contributed by atoms with E-state index in [0.717, 1.165) is 0 Å². The number of carbonyl (C=O) groups is 2. The summed E-state index contributed by atoms with van der Waals surface area (Å²) in [7, 11) is 0. The Labute approximate surface area is 82.7 Å². The fraction of sp³-hybridized carbons (Fsp3) is 0. The number of fused-ring (bicyclic) bond motifs is 1. The summed E-state index contributed by atoms with van der Waals surface area (Å²) in [6, 6.07) is 1.23. The lowest BCUT2D eigenvalue weighted by Gasteiger charge is -2.04. The van der Waals surface area contributed by atoms with Crippen molar-refractivity contribution in [2.24, 2.45) is 0 Å². The zero-order chi connectivity index (χ0) is 11.0. The number of hydrogen-bond donors (Lipinski definition) is 3. The third-order valence-corrected chi connectivity index (χ3v) is 1.88. The number of hydrogen-bond acceptors (Lipinski definition) is 4. The van der Waals surface area contributed by atoms with Gasteiger partial charge in [-0.15, -0.1) is 0 Å². The standard InChI is InChI=1S/C8H5N3O4/c12-7(13)5-1-4-3(2-9-11-4)6(10-5)8(14)15/h1-2,10H,(H,12,13)(H,14,15). The highest BCUT2D eigenvalue weighted by Gasteiger charge is 2.20. The van der Waals surface area contributed by atoms with Crippen LogP contribution in [0.15, 0.2) is 12.3 Å². The Hall–Kier alpha value is -2.44. The van der Waals surface area contributed by atoms with E-state index >= 15 is 0 Å². The fourth-order valence-electron chi connectivity index (χ4n) is 1.23. The average molecular weight is 207 g/mol. The number of nitrogens with zero attached hydrogens (tertiary/aromatic N) is 2. The van der Waals surface area contributed by atoms with Crippen LogP contribution in [0.25, 0.3) is 11.3 Å². The predicted octanol–water partition coefficient (Wildman–Crippen LogP) is 0.306. The Morgan fingerprint density at radius 3 is 2.60 bits per heavy atom. The number of carboxylic acids is 2. The summed E-state index contributed by atoms with van der Waals surface area (Å²) in [4.78, 5) is 23.8. The lowest BCUT2D eigenvalue weighted by molar-refractivity contribution is 0.0685. The Morgan fingerprint density at radius 1 is 1.27 bits per heavy atom. The summed E-state index contributed by atoms with van der Waals surface area (Å²) in [5.74, 6) is -2.50. The molecular formula is C8H5N3O4. The van der Waals surface area contributed by atoms with E-state index in [9.17, 15) is 9.59 Å². The second kappa shape index (κ2) is 3.05. The van der Waals surface area contributed by atoms with Gasteiger partial charge in [0.1, 0.15) is 11.4 Å². The molecule has 0 bridgehead atoms. The molecule has 15 heavy (non-hydrogen) atoms. The van der Waals surface area contributed by atoms with Gasteiger partial charge >= 0.3 is 11.9 Å². The van der Waals surface area contributed by atoms with Crippen molar-refractivity contribution in [2.75, 3.05) is 0 Å². The molecule has 0 aromatic rings. The van der Waals surface area contributed by atoms with E-state index in [1.807, 2.05) is 0 Å². The van der Waals surface area contributed by atoms with Crippen molar-refractivity contribution in [1.82, 2.24) is 15.2 Å². The molecule has 0 unspecified atom stereocenters. The molecular weight excluding hydrogens is 202 g/mol. The first-order valence-corrected chi connectivity index (χ1v) is 3.90. The van der Waals surface area contributed by atoms with Gasteiger partial charge in [0, 0.05) is 0 Å². The van der Waals surface area contributed by atoms with Gasteiger partial charge in [-0.25, -0.2) is 9.59 Å². The summed E-state index contributed by atoms with van der Waals surface area (Å²) in [6.45, 7) is 0. The molecule has 76 valence electrons. The van der Waals surface area contributed by atoms with Gasteiger partial charge in [0.05, 0.1) is 17.5 Å². The maximum absolute atomic E-state index is 10.8. The van der Waals surface area contributed by atoms with Gasteiger partial charge in [-0.3, -0.25) is 0 Å². The summed E-state index contributed by atoms with van der Waals surface area (Å²) in [5, 5.41) is 24.7. The van der Waals surface area contributed by atoms with E-state index < -0.39 is 11.9 Å². The third kappa shape index (κ3) is 1.39. The van der Waals surface area contributed by atoms with Gasteiger partial charge in [-0.1, -0.05) is 0 Å². The maximum atomic E-state index is 10.8. The van der Waals surface area contributed by atoms with Crippen molar-refractivity contribution < 1.29 is 19.8 Å². The molecule has 3 N–H and O–H groups in total. The number of pyridine rings is 1. The van der Waals surface area contributed by atoms with Crippen LogP contribution < -0.4 is 0 Å². The van der Waals surface area contributed by atoms with Crippen molar-refractivity contribution >= 4 is 11.9 Å². The molecule has 7 heteroatoms. The number of carboxylic acid groups (broad SMARTS) is 2. The number of aromatic carboxylic acids is 2. The van der Waals surface area contributed by atoms with Crippen molar-refractivity contribution in [2.45, 2.75) is 0 Å². The number of aromatic nitrogens is 3. The first-order chi connectivity index (χ1) is 7.09. The Balaban J connectivity index is 2.74. The van der Waals surface area contributed by atoms with Crippen LogP contribution in [0.2, 0.25) is 0 Å². The molecule has 0 saturated heterocycles. The molecule has 2 rings (SSSR count). The van der Waals surface area contributed by atoms with Crippen molar-refractivity contribution in [3.63, 3.8) is 0 Å². The van der Waals surface area contributed by atoms with Crippen LogP contribution in [0, 0.1) is 0 Å². The first kappa shape index (κ1) is 9.13. The number of rotatable bonds is 2. The van der Waals surface area contributed by atoms with Gasteiger partial charge in [0.2, 0.25) is 0 Å². The third-order valence-electron chi connectivity index (χ3n) is 1.88. The summed E-state index contributed by atoms with van der Waals surface area (Å²) < 4.78 is 0. The number of nitrogens with one attached hydrogen (secondary N) is 1. The van der Waals surface area contributed by atoms with Crippen molar-refractivity contribution in [3.05, 3.63) is 23.7 Å². The lowest BCUT2D eigenvalue weighted by Crippen LogP contribution is -2.09. The quantitative estimate of drug-likeness (QED) is 0.652. The SMILES string of the molecule is O=C(O)c1cc2nncc-2c(C(=O)O)[nH]1. The molecule has 2 aliphatic rings. The molecule has 0 atom stereocenters. The van der Waals surface area contributed by atoms with Gasteiger partial charge < -0.3 is 15.2 Å². The minimum atomic E-state index is -1.25. The average Bonchev–Trinajstić information content (AvgIpc) is 2.62. The Bertz CT molecular complexity index is 519. The largest absolute Gasteiger partial charge is 0.477 e. The highest BCUT2D eigenvalue weighted by atomic mass is 16.4. The van der Waals surface area contributed by atoms with E-state index in [2.05, 4.69) is 15.2 Å². The van der Waals surface area contributed by atoms with Crippen molar-refractivity contribution in [1.29, 1.82) is 0 Å². The molecule has 2 heterocycles. The van der Waals surface area contributed by atoms with Crippen LogP contribution >= 0.6 is 0 Å². The topological polar surface area (TPSA) is 116 Å². The first-order valence-electron chi connectivity index (χ1n) is 3.90. The van der Waals surface area contributed by atoms with Crippen LogP contribution in [-0.2, 0) is 0 Å². The molecule has 7 nitrogen and oxygen atoms in total. The molecule has 0 aromatic heterocycles. The van der Waals surface area contributed by atoms with Crippen LogP contribution in [0.3, 0.4) is 0 Å². The van der Waals surface area contributed by atoms with Crippen molar-refractivity contribution in [3.8, 4) is 11.3 Å². The second-order valence-corrected chi connectivity index (χ2v) is 2.81. The molecule has 0 fully saturated rings. The summed E-state index contributed by atoms with van der Waals surface area (Å²) in [6.07, 6.45) is 1.26. The smallest absolute Gasteiger partial charge is 0.353 e. The fourth-order valence-corrected chi connectivity index (χ4v) is 1.23. The highest BCUT2D eigenvalue weighted by molar-refractivity contribution is 5.96. The molecule has 0 saturated carbocycles.